The highest BCUT2D eigenvalue weighted by Gasteiger charge is 2.22. The molecule has 2 heterocycles. The van der Waals surface area contributed by atoms with Crippen LogP contribution in [0.4, 0.5) is 5.69 Å². The summed E-state index contributed by atoms with van der Waals surface area (Å²) in [4.78, 5) is 21.5. The van der Waals surface area contributed by atoms with Crippen LogP contribution in [0, 0.1) is 13.8 Å². The third kappa shape index (κ3) is 4.48. The summed E-state index contributed by atoms with van der Waals surface area (Å²) < 4.78 is 2.08. The lowest BCUT2D eigenvalue weighted by Crippen LogP contribution is -2.49. The quantitative estimate of drug-likeness (QED) is 0.602. The smallest absolute Gasteiger partial charge is 0.233 e. The molecule has 0 bridgehead atoms. The number of rotatable bonds is 5. The maximum Gasteiger partial charge on any atom is 0.233 e. The normalized spacial score (nSPS) is 14.3. The van der Waals surface area contributed by atoms with Crippen molar-refractivity contribution in [2.75, 3.05) is 36.8 Å². The first-order chi connectivity index (χ1) is 14.1. The maximum absolute atomic E-state index is 12.8. The molecule has 1 saturated heterocycles. The van der Waals surface area contributed by atoms with Crippen LogP contribution >= 0.6 is 11.8 Å². The third-order valence-electron chi connectivity index (χ3n) is 5.31. The Hall–Kier alpha value is -2.73. The number of carbonyl (C=O) groups excluding carboxylic acids is 1. The Morgan fingerprint density at radius 3 is 2.55 bits per heavy atom. The van der Waals surface area contributed by atoms with Gasteiger partial charge in [-0.1, -0.05) is 42.1 Å². The SMILES string of the molecule is Cc1ccc(C)c(-n2ccnc2SCC(=O)N2CCN(c3ccccc3)CC2)c1. The summed E-state index contributed by atoms with van der Waals surface area (Å²) in [6, 6.07) is 16.8. The molecule has 150 valence electrons. The number of para-hydroxylation sites is 1. The van der Waals surface area contributed by atoms with Gasteiger partial charge in [-0.15, -0.1) is 0 Å². The first-order valence-electron chi connectivity index (χ1n) is 9.93. The molecule has 0 unspecified atom stereocenters. The summed E-state index contributed by atoms with van der Waals surface area (Å²) in [7, 11) is 0. The van der Waals surface area contributed by atoms with Gasteiger partial charge in [-0.25, -0.2) is 4.98 Å². The number of amides is 1. The van der Waals surface area contributed by atoms with E-state index in [0.717, 1.165) is 37.0 Å². The molecule has 1 fully saturated rings. The molecule has 1 aromatic heterocycles. The minimum Gasteiger partial charge on any atom is -0.368 e. The van der Waals surface area contributed by atoms with Crippen LogP contribution in [0.15, 0.2) is 66.1 Å². The highest BCUT2D eigenvalue weighted by molar-refractivity contribution is 7.99. The monoisotopic (exact) mass is 406 g/mol. The molecule has 2 aromatic carbocycles. The standard InChI is InChI=1S/C23H26N4OS/c1-18-8-9-19(2)21(16-18)27-11-10-24-23(27)29-17-22(28)26-14-12-25(13-15-26)20-6-4-3-5-7-20/h3-11,16H,12-15,17H2,1-2H3. The summed E-state index contributed by atoms with van der Waals surface area (Å²) in [5, 5.41) is 0.856. The number of piperazine rings is 1. The van der Waals surface area contributed by atoms with Gasteiger partial charge in [-0.05, 0) is 43.2 Å². The molecule has 0 spiro atoms. The van der Waals surface area contributed by atoms with Crippen LogP contribution in [0.2, 0.25) is 0 Å². The topological polar surface area (TPSA) is 41.4 Å². The van der Waals surface area contributed by atoms with E-state index in [0.29, 0.717) is 5.75 Å². The molecule has 0 aliphatic carbocycles. The van der Waals surface area contributed by atoms with Gasteiger partial charge in [0.1, 0.15) is 0 Å². The number of aromatic nitrogens is 2. The van der Waals surface area contributed by atoms with Crippen molar-refractivity contribution in [1.29, 1.82) is 0 Å². The molecule has 5 nitrogen and oxygen atoms in total. The van der Waals surface area contributed by atoms with E-state index in [9.17, 15) is 4.79 Å². The minimum absolute atomic E-state index is 0.179. The number of hydrogen-bond donors (Lipinski definition) is 0. The molecule has 4 rings (SSSR count). The number of thioether (sulfide) groups is 1. The lowest BCUT2D eigenvalue weighted by Gasteiger charge is -2.36. The van der Waals surface area contributed by atoms with Crippen molar-refractivity contribution in [3.8, 4) is 5.69 Å². The van der Waals surface area contributed by atoms with Crippen molar-refractivity contribution in [3.63, 3.8) is 0 Å². The summed E-state index contributed by atoms with van der Waals surface area (Å²) in [6.45, 7) is 7.46. The zero-order chi connectivity index (χ0) is 20.2. The summed E-state index contributed by atoms with van der Waals surface area (Å²) in [6.07, 6.45) is 3.76. The minimum atomic E-state index is 0.179. The number of benzene rings is 2. The number of carbonyl (C=O) groups is 1. The van der Waals surface area contributed by atoms with Gasteiger partial charge in [0.05, 0.1) is 11.4 Å². The van der Waals surface area contributed by atoms with E-state index in [-0.39, 0.29) is 5.91 Å². The maximum atomic E-state index is 12.8. The number of hydrogen-bond acceptors (Lipinski definition) is 4. The van der Waals surface area contributed by atoms with Crippen LogP contribution in [0.3, 0.4) is 0 Å². The van der Waals surface area contributed by atoms with Gasteiger partial charge in [0.15, 0.2) is 5.16 Å². The van der Waals surface area contributed by atoms with Gasteiger partial charge < -0.3 is 9.80 Å². The number of anilines is 1. The molecule has 1 amide bonds. The molecule has 3 aromatic rings. The fourth-order valence-corrected chi connectivity index (χ4v) is 4.50. The average molecular weight is 407 g/mol. The summed E-state index contributed by atoms with van der Waals surface area (Å²) in [5.41, 5.74) is 4.75. The van der Waals surface area contributed by atoms with Gasteiger partial charge >= 0.3 is 0 Å². The van der Waals surface area contributed by atoms with Crippen molar-refractivity contribution < 1.29 is 4.79 Å². The van der Waals surface area contributed by atoms with E-state index in [4.69, 9.17) is 0 Å². The Morgan fingerprint density at radius 2 is 1.79 bits per heavy atom. The lowest BCUT2D eigenvalue weighted by molar-refractivity contribution is -0.128. The molecular formula is C23H26N4OS. The van der Waals surface area contributed by atoms with Gasteiger partial charge in [-0.3, -0.25) is 9.36 Å². The van der Waals surface area contributed by atoms with Crippen molar-refractivity contribution in [3.05, 3.63) is 72.1 Å². The van der Waals surface area contributed by atoms with Gasteiger partial charge in [0.2, 0.25) is 5.91 Å². The lowest BCUT2D eigenvalue weighted by atomic mass is 10.1. The zero-order valence-corrected chi connectivity index (χ0v) is 17.7. The van der Waals surface area contributed by atoms with Gasteiger partial charge in [0.25, 0.3) is 0 Å². The molecular weight excluding hydrogens is 380 g/mol. The fourth-order valence-electron chi connectivity index (χ4n) is 3.63. The predicted molar refractivity (Wildman–Crippen MR) is 119 cm³/mol. The zero-order valence-electron chi connectivity index (χ0n) is 16.9. The molecule has 1 aliphatic heterocycles. The van der Waals surface area contributed by atoms with E-state index < -0.39 is 0 Å². The van der Waals surface area contributed by atoms with Crippen molar-refractivity contribution in [1.82, 2.24) is 14.5 Å². The van der Waals surface area contributed by atoms with Crippen LogP contribution in [-0.2, 0) is 4.79 Å². The molecule has 0 atom stereocenters. The first-order valence-corrected chi connectivity index (χ1v) is 10.9. The Bertz CT molecular complexity index is 978. The molecule has 29 heavy (non-hydrogen) atoms. The molecule has 0 radical (unpaired) electrons. The van der Waals surface area contributed by atoms with E-state index >= 15 is 0 Å². The van der Waals surface area contributed by atoms with E-state index in [1.807, 2.05) is 17.2 Å². The largest absolute Gasteiger partial charge is 0.368 e. The molecule has 6 heteroatoms. The van der Waals surface area contributed by atoms with Crippen LogP contribution in [0.1, 0.15) is 11.1 Å². The van der Waals surface area contributed by atoms with E-state index in [2.05, 4.69) is 70.8 Å². The van der Waals surface area contributed by atoms with Crippen LogP contribution < -0.4 is 4.90 Å². The number of aryl methyl sites for hydroxylation is 2. The number of imidazole rings is 1. The van der Waals surface area contributed by atoms with E-state index in [1.165, 1.54) is 28.6 Å². The third-order valence-corrected chi connectivity index (χ3v) is 6.26. The second kappa shape index (κ2) is 8.74. The Kier molecular flexibility index (Phi) is 5.90. The van der Waals surface area contributed by atoms with Crippen molar-refractivity contribution >= 4 is 23.4 Å². The van der Waals surface area contributed by atoms with Gasteiger partial charge in [0, 0.05) is 44.3 Å². The van der Waals surface area contributed by atoms with E-state index in [1.54, 1.807) is 6.20 Å². The Morgan fingerprint density at radius 1 is 1.03 bits per heavy atom. The highest BCUT2D eigenvalue weighted by atomic mass is 32.2. The van der Waals surface area contributed by atoms with Crippen LogP contribution in [0.25, 0.3) is 5.69 Å². The van der Waals surface area contributed by atoms with Crippen LogP contribution in [-0.4, -0.2) is 52.3 Å². The van der Waals surface area contributed by atoms with Gasteiger partial charge in [-0.2, -0.15) is 0 Å². The molecule has 0 saturated carbocycles. The second-order valence-electron chi connectivity index (χ2n) is 7.36. The van der Waals surface area contributed by atoms with Crippen molar-refractivity contribution in [2.24, 2.45) is 0 Å². The fraction of sp³-hybridized carbons (Fsp3) is 0.304. The molecule has 1 aliphatic rings. The van der Waals surface area contributed by atoms with Crippen LogP contribution in [0.5, 0.6) is 0 Å². The number of nitrogens with zero attached hydrogens (tertiary/aromatic N) is 4. The Labute approximate surface area is 176 Å². The average Bonchev–Trinajstić information content (AvgIpc) is 3.23. The summed E-state index contributed by atoms with van der Waals surface area (Å²) >= 11 is 1.51. The summed E-state index contributed by atoms with van der Waals surface area (Å²) in [5.74, 6) is 0.589. The first kappa shape index (κ1) is 19.6. The predicted octanol–water partition coefficient (Wildman–Crippen LogP) is 3.93. The van der Waals surface area contributed by atoms with Crippen molar-refractivity contribution in [2.45, 2.75) is 19.0 Å². The Balaban J connectivity index is 1.35. The highest BCUT2D eigenvalue weighted by Crippen LogP contribution is 2.24. The second-order valence-corrected chi connectivity index (χ2v) is 8.30. The molecule has 0 N–H and O–H groups in total.